The van der Waals surface area contributed by atoms with E-state index in [2.05, 4.69) is 10.6 Å². The maximum Gasteiger partial charge on any atom is 0.236 e. The number of nitrogens with two attached hydrogens (primary N) is 1. The van der Waals surface area contributed by atoms with Crippen molar-refractivity contribution in [2.75, 3.05) is 20.3 Å². The van der Waals surface area contributed by atoms with Crippen LogP contribution in [-0.2, 0) is 14.3 Å². The van der Waals surface area contributed by atoms with Gasteiger partial charge in [0.2, 0.25) is 11.8 Å². The maximum absolute atomic E-state index is 11.6. The van der Waals surface area contributed by atoms with E-state index in [0.717, 1.165) is 12.8 Å². The number of ether oxygens (including phenoxy) is 1. The summed E-state index contributed by atoms with van der Waals surface area (Å²) in [7, 11) is 1.61. The molecule has 6 nitrogen and oxygen atoms in total. The fourth-order valence-electron chi connectivity index (χ4n) is 1.46. The minimum atomic E-state index is -0.534. The minimum Gasteiger partial charge on any atom is -0.385 e. The predicted molar refractivity (Wildman–Crippen MR) is 74.6 cm³/mol. The summed E-state index contributed by atoms with van der Waals surface area (Å²) in [4.78, 5) is 23.1. The molecule has 0 fully saturated rings. The number of carbonyl (C=O) groups is 2. The molecule has 2 amide bonds. The lowest BCUT2D eigenvalue weighted by Gasteiger charge is -2.13. The summed E-state index contributed by atoms with van der Waals surface area (Å²) in [6.45, 7) is 4.87. The molecule has 0 aromatic heterocycles. The topological polar surface area (TPSA) is 93.5 Å². The molecular formula is C13H27N3O3. The Morgan fingerprint density at radius 3 is 2.63 bits per heavy atom. The van der Waals surface area contributed by atoms with Crippen LogP contribution in [0.15, 0.2) is 0 Å². The van der Waals surface area contributed by atoms with E-state index in [1.807, 2.05) is 13.8 Å². The predicted octanol–water partition coefficient (Wildman–Crippen LogP) is 0.161. The molecular weight excluding hydrogens is 246 g/mol. The van der Waals surface area contributed by atoms with E-state index in [0.29, 0.717) is 19.6 Å². The van der Waals surface area contributed by atoms with Gasteiger partial charge in [0.15, 0.2) is 0 Å². The minimum absolute atomic E-state index is 0.0531. The van der Waals surface area contributed by atoms with Crippen molar-refractivity contribution in [2.24, 2.45) is 5.73 Å². The van der Waals surface area contributed by atoms with E-state index in [9.17, 15) is 9.59 Å². The van der Waals surface area contributed by atoms with E-state index in [1.165, 1.54) is 0 Å². The van der Waals surface area contributed by atoms with Gasteiger partial charge in [0.05, 0.1) is 6.04 Å². The maximum atomic E-state index is 11.6. The van der Waals surface area contributed by atoms with Gasteiger partial charge in [-0.25, -0.2) is 0 Å². The standard InChI is InChI=1S/C13H27N3O3/c1-4-10(2)16-12(17)7-8-15-13(18)11(14)6-5-9-19-3/h10-11H,4-9,14H2,1-3H3,(H,15,18)(H,16,17). The Morgan fingerprint density at radius 1 is 1.37 bits per heavy atom. The second-order valence-electron chi connectivity index (χ2n) is 4.66. The zero-order valence-corrected chi connectivity index (χ0v) is 12.2. The number of rotatable bonds is 10. The van der Waals surface area contributed by atoms with E-state index in [4.69, 9.17) is 10.5 Å². The van der Waals surface area contributed by atoms with Crippen molar-refractivity contribution in [1.82, 2.24) is 10.6 Å². The Morgan fingerprint density at radius 2 is 2.05 bits per heavy atom. The van der Waals surface area contributed by atoms with Crippen molar-refractivity contribution in [2.45, 2.75) is 51.6 Å². The van der Waals surface area contributed by atoms with Crippen LogP contribution in [-0.4, -0.2) is 44.2 Å². The molecule has 0 saturated heterocycles. The SMILES string of the molecule is CCC(C)NC(=O)CCNC(=O)C(N)CCCOC. The third kappa shape index (κ3) is 9.44. The molecule has 0 rings (SSSR count). The van der Waals surface area contributed by atoms with E-state index in [-0.39, 0.29) is 24.3 Å². The Hall–Kier alpha value is -1.14. The van der Waals surface area contributed by atoms with Crippen LogP contribution in [0.4, 0.5) is 0 Å². The van der Waals surface area contributed by atoms with Crippen molar-refractivity contribution in [3.05, 3.63) is 0 Å². The summed E-state index contributed by atoms with van der Waals surface area (Å²) in [6, 6.07) is -0.368. The van der Waals surface area contributed by atoms with Crippen LogP contribution in [0.1, 0.15) is 39.5 Å². The quantitative estimate of drug-likeness (QED) is 0.494. The largest absolute Gasteiger partial charge is 0.385 e. The summed E-state index contributed by atoms with van der Waals surface area (Å²) in [6.07, 6.45) is 2.50. The molecule has 0 bridgehead atoms. The molecule has 19 heavy (non-hydrogen) atoms. The van der Waals surface area contributed by atoms with Crippen molar-refractivity contribution < 1.29 is 14.3 Å². The van der Waals surface area contributed by atoms with Crippen molar-refractivity contribution in [1.29, 1.82) is 0 Å². The number of carbonyl (C=O) groups excluding carboxylic acids is 2. The summed E-state index contributed by atoms with van der Waals surface area (Å²) < 4.78 is 4.89. The second-order valence-corrected chi connectivity index (χ2v) is 4.66. The fourth-order valence-corrected chi connectivity index (χ4v) is 1.46. The van der Waals surface area contributed by atoms with Crippen LogP contribution in [0, 0.1) is 0 Å². The van der Waals surface area contributed by atoms with E-state index in [1.54, 1.807) is 7.11 Å². The van der Waals surface area contributed by atoms with Gasteiger partial charge in [0.25, 0.3) is 0 Å². The van der Waals surface area contributed by atoms with Crippen LogP contribution >= 0.6 is 0 Å². The summed E-state index contributed by atoms with van der Waals surface area (Å²) in [5.41, 5.74) is 5.71. The molecule has 0 spiro atoms. The first kappa shape index (κ1) is 17.9. The molecule has 0 aliphatic rings. The monoisotopic (exact) mass is 273 g/mol. The fraction of sp³-hybridized carbons (Fsp3) is 0.846. The first-order chi connectivity index (χ1) is 9.01. The lowest BCUT2D eigenvalue weighted by Crippen LogP contribution is -2.42. The molecule has 0 aromatic carbocycles. The highest BCUT2D eigenvalue weighted by Crippen LogP contribution is 1.95. The van der Waals surface area contributed by atoms with Crippen molar-refractivity contribution >= 4 is 11.8 Å². The normalized spacial score (nSPS) is 13.7. The average Bonchev–Trinajstić information content (AvgIpc) is 2.38. The van der Waals surface area contributed by atoms with Gasteiger partial charge in [-0.2, -0.15) is 0 Å². The molecule has 2 atom stereocenters. The molecule has 0 aliphatic carbocycles. The lowest BCUT2D eigenvalue weighted by molar-refractivity contribution is -0.123. The Kier molecular flexibility index (Phi) is 10.1. The molecule has 0 radical (unpaired) electrons. The third-order valence-electron chi connectivity index (χ3n) is 2.87. The lowest BCUT2D eigenvalue weighted by atomic mass is 10.1. The van der Waals surface area contributed by atoms with Gasteiger partial charge < -0.3 is 21.1 Å². The average molecular weight is 273 g/mol. The highest BCUT2D eigenvalue weighted by Gasteiger charge is 2.13. The number of methoxy groups -OCH3 is 1. The van der Waals surface area contributed by atoms with Crippen LogP contribution < -0.4 is 16.4 Å². The van der Waals surface area contributed by atoms with Gasteiger partial charge in [-0.3, -0.25) is 9.59 Å². The van der Waals surface area contributed by atoms with Crippen LogP contribution in [0.3, 0.4) is 0 Å². The van der Waals surface area contributed by atoms with Crippen molar-refractivity contribution in [3.63, 3.8) is 0 Å². The number of amides is 2. The van der Waals surface area contributed by atoms with Crippen molar-refractivity contribution in [3.8, 4) is 0 Å². The molecule has 0 aliphatic heterocycles. The van der Waals surface area contributed by atoms with Crippen LogP contribution in [0.5, 0.6) is 0 Å². The Labute approximate surface area is 115 Å². The highest BCUT2D eigenvalue weighted by atomic mass is 16.5. The molecule has 112 valence electrons. The van der Waals surface area contributed by atoms with E-state index >= 15 is 0 Å². The highest BCUT2D eigenvalue weighted by molar-refractivity contribution is 5.82. The molecule has 0 saturated carbocycles. The van der Waals surface area contributed by atoms with Gasteiger partial charge in [-0.1, -0.05) is 6.92 Å². The van der Waals surface area contributed by atoms with Gasteiger partial charge in [0.1, 0.15) is 0 Å². The number of hydrogen-bond donors (Lipinski definition) is 3. The molecule has 4 N–H and O–H groups in total. The second kappa shape index (κ2) is 10.8. The van der Waals surface area contributed by atoms with Gasteiger partial charge in [0, 0.05) is 32.7 Å². The first-order valence-corrected chi connectivity index (χ1v) is 6.82. The van der Waals surface area contributed by atoms with Crippen LogP contribution in [0.25, 0.3) is 0 Å². The van der Waals surface area contributed by atoms with Crippen LogP contribution in [0.2, 0.25) is 0 Å². The molecule has 0 heterocycles. The zero-order chi connectivity index (χ0) is 14.7. The number of nitrogens with one attached hydrogen (secondary N) is 2. The van der Waals surface area contributed by atoms with E-state index < -0.39 is 6.04 Å². The van der Waals surface area contributed by atoms with Gasteiger partial charge in [-0.05, 0) is 26.2 Å². The molecule has 0 aromatic rings. The zero-order valence-electron chi connectivity index (χ0n) is 12.2. The van der Waals surface area contributed by atoms with Gasteiger partial charge >= 0.3 is 0 Å². The number of hydrogen-bond acceptors (Lipinski definition) is 4. The summed E-state index contributed by atoms with van der Waals surface area (Å²) >= 11 is 0. The smallest absolute Gasteiger partial charge is 0.236 e. The molecule has 2 unspecified atom stereocenters. The summed E-state index contributed by atoms with van der Waals surface area (Å²) in [5.74, 6) is -0.268. The Balaban J connectivity index is 3.69. The van der Waals surface area contributed by atoms with Gasteiger partial charge in [-0.15, -0.1) is 0 Å². The molecule has 6 heteroatoms. The third-order valence-corrected chi connectivity index (χ3v) is 2.87. The first-order valence-electron chi connectivity index (χ1n) is 6.82. The summed E-state index contributed by atoms with van der Waals surface area (Å²) in [5, 5.41) is 5.50. The Bertz CT molecular complexity index is 272.